The zero-order valence-corrected chi connectivity index (χ0v) is 15.5. The van der Waals surface area contributed by atoms with E-state index in [1.54, 1.807) is 18.2 Å². The minimum Gasteiger partial charge on any atom is -0.503 e. The molecule has 0 radical (unpaired) electrons. The van der Waals surface area contributed by atoms with Gasteiger partial charge in [-0.1, -0.05) is 19.9 Å². The molecule has 1 aromatic carbocycles. The molecular formula is C19H25NO6. The average Bonchev–Trinajstić information content (AvgIpc) is 2.85. The Balaban J connectivity index is 2.55. The van der Waals surface area contributed by atoms with E-state index in [-0.39, 0.29) is 36.8 Å². The van der Waals surface area contributed by atoms with Gasteiger partial charge in [0.05, 0.1) is 32.4 Å². The third-order valence-corrected chi connectivity index (χ3v) is 4.26. The SMILES string of the molecule is COc1ccc(C2C(C(=O)CC(C)C)=C(O)C(=O)N2CCO)cc1OC. The molecule has 2 rings (SSSR count). The predicted molar refractivity (Wildman–Crippen MR) is 95.2 cm³/mol. The third kappa shape index (κ3) is 3.67. The van der Waals surface area contributed by atoms with Gasteiger partial charge in [0.1, 0.15) is 0 Å². The van der Waals surface area contributed by atoms with Crippen LogP contribution in [0.3, 0.4) is 0 Å². The quantitative estimate of drug-likeness (QED) is 0.733. The van der Waals surface area contributed by atoms with Crippen LogP contribution in [0.1, 0.15) is 31.9 Å². The smallest absolute Gasteiger partial charge is 0.290 e. The minimum atomic E-state index is -0.777. The second-order valence-corrected chi connectivity index (χ2v) is 6.52. The molecule has 1 amide bonds. The van der Waals surface area contributed by atoms with E-state index >= 15 is 0 Å². The molecule has 1 unspecified atom stereocenters. The lowest BCUT2D eigenvalue weighted by atomic mass is 9.92. The topological polar surface area (TPSA) is 96.3 Å². The summed E-state index contributed by atoms with van der Waals surface area (Å²) in [5.41, 5.74) is 0.657. The maximum atomic E-state index is 12.7. The number of nitrogens with zero attached hydrogens (tertiary/aromatic N) is 1. The van der Waals surface area contributed by atoms with E-state index in [1.165, 1.54) is 19.1 Å². The fourth-order valence-corrected chi connectivity index (χ4v) is 3.13. The minimum absolute atomic E-state index is 0.000360. The monoisotopic (exact) mass is 363 g/mol. The molecule has 1 aromatic rings. The summed E-state index contributed by atoms with van der Waals surface area (Å²) in [6, 6.07) is 4.28. The number of amides is 1. The van der Waals surface area contributed by atoms with Crippen LogP contribution in [0.5, 0.6) is 11.5 Å². The molecule has 0 spiro atoms. The molecule has 1 atom stereocenters. The number of benzene rings is 1. The Kier molecular flexibility index (Phi) is 6.26. The largest absolute Gasteiger partial charge is 0.503 e. The van der Waals surface area contributed by atoms with E-state index in [0.29, 0.717) is 17.1 Å². The Morgan fingerprint density at radius 3 is 2.42 bits per heavy atom. The number of Topliss-reactive ketones (excluding diaryl/α,β-unsaturated/α-hetero) is 1. The highest BCUT2D eigenvalue weighted by Gasteiger charge is 2.43. The predicted octanol–water partition coefficient (Wildman–Crippen LogP) is 2.01. The van der Waals surface area contributed by atoms with E-state index in [1.807, 2.05) is 13.8 Å². The lowest BCUT2D eigenvalue weighted by molar-refractivity contribution is -0.129. The van der Waals surface area contributed by atoms with Gasteiger partial charge in [0.15, 0.2) is 23.0 Å². The summed E-state index contributed by atoms with van der Waals surface area (Å²) >= 11 is 0. The van der Waals surface area contributed by atoms with Crippen molar-refractivity contribution in [1.29, 1.82) is 0 Å². The Hall–Kier alpha value is -2.54. The second-order valence-electron chi connectivity index (χ2n) is 6.52. The molecular weight excluding hydrogens is 338 g/mol. The van der Waals surface area contributed by atoms with Gasteiger partial charge in [0.2, 0.25) is 0 Å². The lowest BCUT2D eigenvalue weighted by Gasteiger charge is -2.26. The molecule has 1 heterocycles. The van der Waals surface area contributed by atoms with Gasteiger partial charge in [-0.2, -0.15) is 0 Å². The number of carbonyl (C=O) groups excluding carboxylic acids is 2. The highest BCUT2D eigenvalue weighted by molar-refractivity contribution is 6.09. The first-order valence-electron chi connectivity index (χ1n) is 8.45. The molecule has 26 heavy (non-hydrogen) atoms. The third-order valence-electron chi connectivity index (χ3n) is 4.26. The first-order chi connectivity index (χ1) is 12.3. The van der Waals surface area contributed by atoms with Crippen LogP contribution in [-0.4, -0.2) is 54.2 Å². The number of aliphatic hydroxyl groups excluding tert-OH is 2. The summed E-state index contributed by atoms with van der Waals surface area (Å²) in [4.78, 5) is 26.5. The van der Waals surface area contributed by atoms with E-state index in [4.69, 9.17) is 9.47 Å². The van der Waals surface area contributed by atoms with Crippen molar-refractivity contribution >= 4 is 11.7 Å². The van der Waals surface area contributed by atoms with Crippen molar-refractivity contribution < 1.29 is 29.3 Å². The molecule has 0 aliphatic carbocycles. The molecule has 0 saturated heterocycles. The first kappa shape index (κ1) is 19.8. The highest BCUT2D eigenvalue weighted by atomic mass is 16.5. The van der Waals surface area contributed by atoms with Gasteiger partial charge in [-0.15, -0.1) is 0 Å². The number of rotatable bonds is 8. The van der Waals surface area contributed by atoms with Crippen molar-refractivity contribution in [3.8, 4) is 11.5 Å². The van der Waals surface area contributed by atoms with Gasteiger partial charge in [-0.3, -0.25) is 9.59 Å². The summed E-state index contributed by atoms with van der Waals surface area (Å²) in [5.74, 6) is -0.460. The Morgan fingerprint density at radius 1 is 1.23 bits per heavy atom. The highest BCUT2D eigenvalue weighted by Crippen LogP contribution is 2.41. The number of methoxy groups -OCH3 is 2. The normalized spacial score (nSPS) is 17.2. The van der Waals surface area contributed by atoms with Crippen LogP contribution in [0.15, 0.2) is 29.5 Å². The Labute approximate surface area is 152 Å². The Morgan fingerprint density at radius 2 is 1.88 bits per heavy atom. The maximum Gasteiger partial charge on any atom is 0.290 e. The lowest BCUT2D eigenvalue weighted by Crippen LogP contribution is -2.33. The molecule has 0 bridgehead atoms. The number of carbonyl (C=O) groups is 2. The molecule has 7 nitrogen and oxygen atoms in total. The van der Waals surface area contributed by atoms with E-state index in [2.05, 4.69) is 0 Å². The number of ketones is 1. The van der Waals surface area contributed by atoms with Crippen LogP contribution >= 0.6 is 0 Å². The summed E-state index contributed by atoms with van der Waals surface area (Å²) < 4.78 is 10.5. The van der Waals surface area contributed by atoms with Crippen LogP contribution < -0.4 is 9.47 Å². The van der Waals surface area contributed by atoms with E-state index < -0.39 is 17.7 Å². The van der Waals surface area contributed by atoms with Gasteiger partial charge in [-0.25, -0.2) is 0 Å². The molecule has 1 aliphatic rings. The van der Waals surface area contributed by atoms with Crippen LogP contribution in [0, 0.1) is 5.92 Å². The number of ether oxygens (including phenoxy) is 2. The van der Waals surface area contributed by atoms with Crippen molar-refractivity contribution in [3.05, 3.63) is 35.1 Å². The van der Waals surface area contributed by atoms with Crippen LogP contribution in [0.2, 0.25) is 0 Å². The van der Waals surface area contributed by atoms with Gasteiger partial charge in [0.25, 0.3) is 5.91 Å². The fraction of sp³-hybridized carbons (Fsp3) is 0.474. The molecule has 142 valence electrons. The zero-order chi connectivity index (χ0) is 19.4. The van der Waals surface area contributed by atoms with Gasteiger partial charge in [0, 0.05) is 13.0 Å². The van der Waals surface area contributed by atoms with E-state index in [9.17, 15) is 19.8 Å². The molecule has 7 heteroatoms. The first-order valence-corrected chi connectivity index (χ1v) is 8.45. The van der Waals surface area contributed by atoms with Crippen LogP contribution in [0.4, 0.5) is 0 Å². The summed E-state index contributed by atoms with van der Waals surface area (Å²) in [6.07, 6.45) is 0.212. The van der Waals surface area contributed by atoms with Crippen molar-refractivity contribution in [2.24, 2.45) is 5.92 Å². The Bertz CT molecular complexity index is 725. The van der Waals surface area contributed by atoms with Crippen LogP contribution in [-0.2, 0) is 9.59 Å². The molecule has 1 aliphatic heterocycles. The molecule has 0 saturated carbocycles. The van der Waals surface area contributed by atoms with Crippen molar-refractivity contribution in [2.45, 2.75) is 26.3 Å². The van der Waals surface area contributed by atoms with Crippen molar-refractivity contribution in [2.75, 3.05) is 27.4 Å². The van der Waals surface area contributed by atoms with E-state index in [0.717, 1.165) is 0 Å². The van der Waals surface area contributed by atoms with Gasteiger partial charge < -0.3 is 24.6 Å². The number of hydrogen-bond acceptors (Lipinski definition) is 6. The summed E-state index contributed by atoms with van der Waals surface area (Å²) in [5, 5.41) is 19.7. The standard InChI is InChI=1S/C19H25NO6/c1-11(2)9-13(22)16-17(20(7-8-21)19(24)18(16)23)12-5-6-14(25-3)15(10-12)26-4/h5-6,10-11,17,21,23H,7-9H2,1-4H3. The summed E-state index contributed by atoms with van der Waals surface area (Å²) in [6.45, 7) is 3.50. The van der Waals surface area contributed by atoms with Crippen LogP contribution in [0.25, 0.3) is 0 Å². The van der Waals surface area contributed by atoms with Gasteiger partial charge in [-0.05, 0) is 23.6 Å². The van der Waals surface area contributed by atoms with Crippen molar-refractivity contribution in [1.82, 2.24) is 4.90 Å². The molecule has 0 fully saturated rings. The average molecular weight is 363 g/mol. The molecule has 0 aromatic heterocycles. The second kappa shape index (κ2) is 8.23. The number of hydrogen-bond donors (Lipinski definition) is 2. The number of β-amino-alcohol motifs (C(OH)–C–C–N with tert-alkyl or cyclic N) is 1. The fourth-order valence-electron chi connectivity index (χ4n) is 3.13. The molecule has 2 N–H and O–H groups in total. The summed E-state index contributed by atoms with van der Waals surface area (Å²) in [7, 11) is 3.00. The van der Waals surface area contributed by atoms with Crippen molar-refractivity contribution in [3.63, 3.8) is 0 Å². The van der Waals surface area contributed by atoms with Gasteiger partial charge >= 0.3 is 0 Å². The zero-order valence-electron chi connectivity index (χ0n) is 15.5. The number of aliphatic hydroxyl groups is 2. The maximum absolute atomic E-state index is 12.7.